The molecule has 2 atom stereocenters. The molecule has 1 aliphatic rings. The van der Waals surface area contributed by atoms with Crippen LogP contribution >= 0.6 is 0 Å². The zero-order valence-corrected chi connectivity index (χ0v) is 16.5. The number of nitrogens with zero attached hydrogens (tertiary/aromatic N) is 1. The van der Waals surface area contributed by atoms with Crippen LogP contribution in [0.3, 0.4) is 0 Å². The molecule has 0 saturated heterocycles. The van der Waals surface area contributed by atoms with Gasteiger partial charge in [-0.05, 0) is 37.1 Å². The van der Waals surface area contributed by atoms with E-state index in [9.17, 15) is 13.2 Å². The molecule has 2 aromatic rings. The number of carbonyl (C=O) groups excluding carboxylic acids is 1. The number of aryl methyl sites for hydroxylation is 1. The maximum absolute atomic E-state index is 12.8. The summed E-state index contributed by atoms with van der Waals surface area (Å²) >= 11 is 0. The summed E-state index contributed by atoms with van der Waals surface area (Å²) < 4.78 is 31.7. The average molecular weight is 388 g/mol. The van der Waals surface area contributed by atoms with E-state index in [-0.39, 0.29) is 24.9 Å². The standard InChI is InChI=1S/C20H24N2O4S/c1-14-9-10-18-17(13-14)22(27(3,24)25)12-11-19(26-18)20(23)21-15(2)16-7-5-4-6-8-16/h4-10,13,15,19H,11-12H2,1-3H3,(H,21,23)/t15-,19-/m0/s1. The Labute approximate surface area is 160 Å². The molecule has 144 valence electrons. The highest BCUT2D eigenvalue weighted by atomic mass is 32.2. The molecular weight excluding hydrogens is 364 g/mol. The van der Waals surface area contributed by atoms with Gasteiger partial charge in [-0.1, -0.05) is 36.4 Å². The van der Waals surface area contributed by atoms with Crippen LogP contribution in [0, 0.1) is 6.92 Å². The highest BCUT2D eigenvalue weighted by molar-refractivity contribution is 7.92. The predicted octanol–water partition coefficient (Wildman–Crippen LogP) is 2.79. The van der Waals surface area contributed by atoms with Crippen molar-refractivity contribution in [3.8, 4) is 5.75 Å². The Morgan fingerprint density at radius 1 is 1.22 bits per heavy atom. The lowest BCUT2D eigenvalue weighted by Crippen LogP contribution is -2.40. The van der Waals surface area contributed by atoms with Crippen molar-refractivity contribution >= 4 is 21.6 Å². The smallest absolute Gasteiger partial charge is 0.261 e. The molecule has 0 unspecified atom stereocenters. The van der Waals surface area contributed by atoms with Gasteiger partial charge in [0.05, 0.1) is 18.0 Å². The van der Waals surface area contributed by atoms with Crippen LogP contribution in [-0.2, 0) is 14.8 Å². The van der Waals surface area contributed by atoms with E-state index in [1.54, 1.807) is 12.1 Å². The molecule has 6 nitrogen and oxygen atoms in total. The minimum atomic E-state index is -3.47. The first-order chi connectivity index (χ1) is 12.8. The van der Waals surface area contributed by atoms with Crippen LogP contribution in [0.15, 0.2) is 48.5 Å². The zero-order chi connectivity index (χ0) is 19.6. The molecule has 0 spiro atoms. The van der Waals surface area contributed by atoms with Crippen molar-refractivity contribution < 1.29 is 17.9 Å². The van der Waals surface area contributed by atoms with Gasteiger partial charge in [-0.15, -0.1) is 0 Å². The number of amides is 1. The molecule has 0 aliphatic carbocycles. The van der Waals surface area contributed by atoms with Crippen molar-refractivity contribution in [2.24, 2.45) is 0 Å². The molecule has 1 N–H and O–H groups in total. The maximum atomic E-state index is 12.8. The molecule has 1 amide bonds. The van der Waals surface area contributed by atoms with Crippen molar-refractivity contribution in [1.82, 2.24) is 5.32 Å². The number of sulfonamides is 1. The van der Waals surface area contributed by atoms with Crippen LogP contribution in [0.1, 0.15) is 30.5 Å². The van der Waals surface area contributed by atoms with Crippen LogP contribution in [0.4, 0.5) is 5.69 Å². The molecule has 2 aromatic carbocycles. The van der Waals surface area contributed by atoms with E-state index in [0.717, 1.165) is 17.4 Å². The van der Waals surface area contributed by atoms with E-state index in [2.05, 4.69) is 5.32 Å². The monoisotopic (exact) mass is 388 g/mol. The Morgan fingerprint density at radius 3 is 2.59 bits per heavy atom. The Kier molecular flexibility index (Phi) is 5.41. The molecule has 0 bridgehead atoms. The van der Waals surface area contributed by atoms with Gasteiger partial charge in [0.15, 0.2) is 6.10 Å². The van der Waals surface area contributed by atoms with Crippen LogP contribution in [0.5, 0.6) is 5.75 Å². The van der Waals surface area contributed by atoms with Gasteiger partial charge in [-0.25, -0.2) is 8.42 Å². The highest BCUT2D eigenvalue weighted by Gasteiger charge is 2.31. The van der Waals surface area contributed by atoms with Gasteiger partial charge >= 0.3 is 0 Å². The topological polar surface area (TPSA) is 75.7 Å². The van der Waals surface area contributed by atoms with E-state index in [4.69, 9.17) is 4.74 Å². The molecule has 0 fully saturated rings. The van der Waals surface area contributed by atoms with Gasteiger partial charge in [0.25, 0.3) is 5.91 Å². The second-order valence-electron chi connectivity index (χ2n) is 6.84. The molecule has 3 rings (SSSR count). The Morgan fingerprint density at radius 2 is 1.93 bits per heavy atom. The van der Waals surface area contributed by atoms with E-state index >= 15 is 0 Å². The summed E-state index contributed by atoms with van der Waals surface area (Å²) in [6, 6.07) is 14.8. The summed E-state index contributed by atoms with van der Waals surface area (Å²) in [6.07, 6.45) is 0.676. The number of hydrogen-bond donors (Lipinski definition) is 1. The Bertz CT molecular complexity index is 928. The molecule has 0 radical (unpaired) electrons. The number of nitrogens with one attached hydrogen (secondary N) is 1. The number of carbonyl (C=O) groups is 1. The van der Waals surface area contributed by atoms with E-state index in [0.29, 0.717) is 11.4 Å². The first-order valence-electron chi connectivity index (χ1n) is 8.86. The Balaban J connectivity index is 1.82. The Hall–Kier alpha value is -2.54. The summed E-state index contributed by atoms with van der Waals surface area (Å²) in [5.74, 6) is 0.143. The molecule has 0 saturated carbocycles. The molecule has 27 heavy (non-hydrogen) atoms. The lowest BCUT2D eigenvalue weighted by Gasteiger charge is -2.21. The molecule has 1 heterocycles. The SMILES string of the molecule is Cc1ccc2c(c1)N(S(C)(=O)=O)CC[C@@H](C(=O)N[C@@H](C)c1ccccc1)O2. The summed E-state index contributed by atoms with van der Waals surface area (Å²) in [5, 5.41) is 2.96. The fourth-order valence-corrected chi connectivity index (χ4v) is 4.09. The van der Waals surface area contributed by atoms with Gasteiger partial charge < -0.3 is 10.1 Å². The fourth-order valence-electron chi connectivity index (χ4n) is 3.15. The second-order valence-corrected chi connectivity index (χ2v) is 8.75. The number of benzene rings is 2. The number of fused-ring (bicyclic) bond motifs is 1. The van der Waals surface area contributed by atoms with Crippen molar-refractivity contribution in [1.29, 1.82) is 0 Å². The molecule has 7 heteroatoms. The van der Waals surface area contributed by atoms with Gasteiger partial charge in [0.2, 0.25) is 10.0 Å². The number of anilines is 1. The van der Waals surface area contributed by atoms with Crippen molar-refractivity contribution in [2.45, 2.75) is 32.4 Å². The number of hydrogen-bond acceptors (Lipinski definition) is 4. The largest absolute Gasteiger partial charge is 0.478 e. The third kappa shape index (κ3) is 4.42. The third-order valence-electron chi connectivity index (χ3n) is 4.60. The normalized spacial score (nSPS) is 18.0. The van der Waals surface area contributed by atoms with Crippen LogP contribution in [0.2, 0.25) is 0 Å². The highest BCUT2D eigenvalue weighted by Crippen LogP contribution is 2.35. The van der Waals surface area contributed by atoms with Crippen LogP contribution < -0.4 is 14.4 Å². The van der Waals surface area contributed by atoms with E-state index < -0.39 is 16.1 Å². The van der Waals surface area contributed by atoms with Crippen LogP contribution in [0.25, 0.3) is 0 Å². The fraction of sp³-hybridized carbons (Fsp3) is 0.350. The van der Waals surface area contributed by atoms with Gasteiger partial charge in [0.1, 0.15) is 5.75 Å². The van der Waals surface area contributed by atoms with Crippen molar-refractivity contribution in [3.05, 3.63) is 59.7 Å². The van der Waals surface area contributed by atoms with Crippen LogP contribution in [-0.4, -0.2) is 33.2 Å². The summed E-state index contributed by atoms with van der Waals surface area (Å²) in [6.45, 7) is 3.98. The maximum Gasteiger partial charge on any atom is 0.261 e. The number of rotatable bonds is 4. The van der Waals surface area contributed by atoms with Gasteiger partial charge in [0, 0.05) is 13.0 Å². The summed E-state index contributed by atoms with van der Waals surface area (Å²) in [4.78, 5) is 12.8. The minimum Gasteiger partial charge on any atom is -0.478 e. The summed E-state index contributed by atoms with van der Waals surface area (Å²) in [7, 11) is -3.47. The first kappa shape index (κ1) is 19.2. The summed E-state index contributed by atoms with van der Waals surface area (Å²) in [5.41, 5.74) is 2.39. The second kappa shape index (κ2) is 7.60. The van der Waals surface area contributed by atoms with E-state index in [1.807, 2.05) is 50.2 Å². The number of ether oxygens (including phenoxy) is 1. The average Bonchev–Trinajstić information content (AvgIpc) is 2.81. The van der Waals surface area contributed by atoms with E-state index in [1.165, 1.54) is 4.31 Å². The zero-order valence-electron chi connectivity index (χ0n) is 15.7. The first-order valence-corrected chi connectivity index (χ1v) is 10.7. The minimum absolute atomic E-state index is 0.172. The molecule has 0 aromatic heterocycles. The predicted molar refractivity (Wildman–Crippen MR) is 105 cm³/mol. The van der Waals surface area contributed by atoms with Crippen molar-refractivity contribution in [2.75, 3.05) is 17.1 Å². The quantitative estimate of drug-likeness (QED) is 0.874. The molecule has 1 aliphatic heterocycles. The van der Waals surface area contributed by atoms with Gasteiger partial charge in [-0.3, -0.25) is 9.10 Å². The lowest BCUT2D eigenvalue weighted by atomic mass is 10.1. The lowest BCUT2D eigenvalue weighted by molar-refractivity contribution is -0.128. The van der Waals surface area contributed by atoms with Crippen molar-refractivity contribution in [3.63, 3.8) is 0 Å². The third-order valence-corrected chi connectivity index (χ3v) is 5.78. The molecular formula is C20H24N2O4S. The van der Waals surface area contributed by atoms with Gasteiger partial charge in [-0.2, -0.15) is 0 Å².